The molecule has 1 unspecified atom stereocenters. The molecule has 0 bridgehead atoms. The lowest BCUT2D eigenvalue weighted by atomic mass is 10.1. The number of nitrogens with one attached hydrogen (secondary N) is 1. The standard InChI is InChI=1S/C27H33F2N5O5S/c1-17-24(32-7-9-33(10-8-32)40(37,38)15-18-3-4-23(35)22(30)11-18)25(39-16-27(2)5-6-27)26(36)34(31-17)21-13-19(28)12-20(29)14-21/h3-4,11-14,17,31,35H,5-10,15-16,30H2,1-2H3. The van der Waals surface area contributed by atoms with Gasteiger partial charge in [0.2, 0.25) is 15.8 Å². The quantitative estimate of drug-likeness (QED) is 0.323. The van der Waals surface area contributed by atoms with Crippen LogP contribution < -0.4 is 16.2 Å². The van der Waals surface area contributed by atoms with Gasteiger partial charge >= 0.3 is 5.91 Å². The highest BCUT2D eigenvalue weighted by molar-refractivity contribution is 7.88. The van der Waals surface area contributed by atoms with Gasteiger partial charge in [-0.15, -0.1) is 0 Å². The Morgan fingerprint density at radius 1 is 1.10 bits per heavy atom. The highest BCUT2D eigenvalue weighted by Gasteiger charge is 2.42. The monoisotopic (exact) mass is 577 g/mol. The predicted octanol–water partition coefficient (Wildman–Crippen LogP) is 2.67. The number of rotatable bonds is 8. The van der Waals surface area contributed by atoms with E-state index in [4.69, 9.17) is 10.5 Å². The number of hydrogen-bond acceptors (Lipinski definition) is 8. The van der Waals surface area contributed by atoms with Crippen LogP contribution in [0.25, 0.3) is 0 Å². The number of benzene rings is 2. The summed E-state index contributed by atoms with van der Waals surface area (Å²) in [6.45, 7) is 5.18. The van der Waals surface area contributed by atoms with Crippen LogP contribution >= 0.6 is 0 Å². The van der Waals surface area contributed by atoms with Gasteiger partial charge in [0, 0.05) is 37.7 Å². The van der Waals surface area contributed by atoms with E-state index in [0.717, 1.165) is 36.0 Å². The Labute approximate surface area is 232 Å². The molecule has 1 saturated carbocycles. The first kappa shape index (κ1) is 28.1. The van der Waals surface area contributed by atoms with Crippen LogP contribution in [0.2, 0.25) is 0 Å². The molecule has 216 valence electrons. The third-order valence-corrected chi connectivity index (χ3v) is 9.40. The van der Waals surface area contributed by atoms with E-state index < -0.39 is 33.6 Å². The summed E-state index contributed by atoms with van der Waals surface area (Å²) in [7, 11) is -3.67. The van der Waals surface area contributed by atoms with Crippen molar-refractivity contribution in [3.05, 3.63) is 65.1 Å². The first-order valence-corrected chi connectivity index (χ1v) is 14.7. The van der Waals surface area contributed by atoms with Gasteiger partial charge in [-0.25, -0.2) is 27.6 Å². The van der Waals surface area contributed by atoms with Crippen molar-refractivity contribution in [2.75, 3.05) is 43.5 Å². The molecule has 1 aliphatic carbocycles. The second-order valence-electron chi connectivity index (χ2n) is 11.0. The Balaban J connectivity index is 1.36. The van der Waals surface area contributed by atoms with Crippen LogP contribution in [0.4, 0.5) is 20.2 Å². The number of nitrogens with zero attached hydrogens (tertiary/aromatic N) is 3. The molecule has 13 heteroatoms. The van der Waals surface area contributed by atoms with Gasteiger partial charge < -0.3 is 20.5 Å². The summed E-state index contributed by atoms with van der Waals surface area (Å²) in [6, 6.07) is 6.71. The van der Waals surface area contributed by atoms with Gasteiger partial charge in [0.05, 0.1) is 35.5 Å². The minimum absolute atomic E-state index is 0.0120. The number of halogens is 2. The Morgan fingerprint density at radius 2 is 1.75 bits per heavy atom. The van der Waals surface area contributed by atoms with Crippen molar-refractivity contribution in [3.8, 4) is 5.75 Å². The van der Waals surface area contributed by atoms with Crippen LogP contribution in [-0.4, -0.2) is 67.5 Å². The number of aromatic hydroxyl groups is 1. The molecule has 1 amide bonds. The second-order valence-corrected chi connectivity index (χ2v) is 12.9. The minimum Gasteiger partial charge on any atom is -0.506 e. The van der Waals surface area contributed by atoms with E-state index in [9.17, 15) is 27.1 Å². The summed E-state index contributed by atoms with van der Waals surface area (Å²) in [5.74, 6) is -2.49. The zero-order chi connectivity index (χ0) is 28.8. The van der Waals surface area contributed by atoms with Crippen molar-refractivity contribution in [2.24, 2.45) is 5.41 Å². The number of carbonyl (C=O) groups excluding carboxylic acids is 1. The maximum atomic E-state index is 14.0. The zero-order valence-corrected chi connectivity index (χ0v) is 23.2. The van der Waals surface area contributed by atoms with Crippen molar-refractivity contribution >= 4 is 27.3 Å². The Kier molecular flexibility index (Phi) is 7.40. The van der Waals surface area contributed by atoms with E-state index in [1.165, 1.54) is 22.5 Å². The molecule has 1 saturated heterocycles. The highest BCUT2D eigenvalue weighted by atomic mass is 32.2. The molecule has 2 aromatic carbocycles. The lowest BCUT2D eigenvalue weighted by Crippen LogP contribution is -2.58. The van der Waals surface area contributed by atoms with Crippen molar-refractivity contribution in [2.45, 2.75) is 38.5 Å². The van der Waals surface area contributed by atoms with Crippen LogP contribution in [0.5, 0.6) is 5.75 Å². The van der Waals surface area contributed by atoms with Gasteiger partial charge in [0.15, 0.2) is 0 Å². The second kappa shape index (κ2) is 10.5. The van der Waals surface area contributed by atoms with Gasteiger partial charge in [-0.3, -0.25) is 4.79 Å². The Hall–Kier alpha value is -3.42. The topological polar surface area (TPSA) is 128 Å². The van der Waals surface area contributed by atoms with E-state index in [2.05, 4.69) is 12.3 Å². The first-order chi connectivity index (χ1) is 18.8. The van der Waals surface area contributed by atoms with Crippen molar-refractivity contribution < 1.29 is 31.8 Å². The summed E-state index contributed by atoms with van der Waals surface area (Å²) >= 11 is 0. The predicted molar refractivity (Wildman–Crippen MR) is 145 cm³/mol. The van der Waals surface area contributed by atoms with Gasteiger partial charge in [0.25, 0.3) is 0 Å². The summed E-state index contributed by atoms with van der Waals surface area (Å²) in [4.78, 5) is 15.6. The summed E-state index contributed by atoms with van der Waals surface area (Å²) in [5.41, 5.74) is 9.86. The van der Waals surface area contributed by atoms with Crippen molar-refractivity contribution in [1.82, 2.24) is 14.6 Å². The van der Waals surface area contributed by atoms with Crippen LogP contribution in [0.1, 0.15) is 32.3 Å². The molecule has 10 nitrogen and oxygen atoms in total. The number of anilines is 2. The molecule has 1 atom stereocenters. The highest BCUT2D eigenvalue weighted by Crippen LogP contribution is 2.45. The van der Waals surface area contributed by atoms with Gasteiger partial charge in [0.1, 0.15) is 17.4 Å². The molecular formula is C27H33F2N5O5S. The molecule has 2 fully saturated rings. The molecular weight excluding hydrogens is 544 g/mol. The largest absolute Gasteiger partial charge is 0.506 e. The van der Waals surface area contributed by atoms with E-state index in [0.29, 0.717) is 31.0 Å². The van der Waals surface area contributed by atoms with Crippen molar-refractivity contribution in [1.29, 1.82) is 0 Å². The molecule has 40 heavy (non-hydrogen) atoms. The van der Waals surface area contributed by atoms with E-state index in [1.54, 1.807) is 0 Å². The number of carbonyl (C=O) groups is 1. The number of sulfonamides is 1. The normalized spacial score (nSPS) is 21.6. The number of phenolic OH excluding ortho intramolecular Hbond substituents is 1. The maximum absolute atomic E-state index is 14.0. The van der Waals surface area contributed by atoms with E-state index in [-0.39, 0.29) is 47.1 Å². The number of phenols is 1. The zero-order valence-electron chi connectivity index (χ0n) is 22.4. The van der Waals surface area contributed by atoms with E-state index >= 15 is 0 Å². The molecule has 2 aromatic rings. The Morgan fingerprint density at radius 3 is 2.35 bits per heavy atom. The smallest absolute Gasteiger partial charge is 0.309 e. The van der Waals surface area contributed by atoms with Crippen LogP contribution in [-0.2, 0) is 25.3 Å². The number of nitrogens with two attached hydrogens (primary N) is 1. The van der Waals surface area contributed by atoms with Crippen LogP contribution in [0.15, 0.2) is 47.9 Å². The molecule has 0 spiro atoms. The number of ether oxygens (including phenoxy) is 1. The van der Waals surface area contributed by atoms with Crippen molar-refractivity contribution in [3.63, 3.8) is 0 Å². The lowest BCUT2D eigenvalue weighted by Gasteiger charge is -2.43. The van der Waals surface area contributed by atoms with Crippen LogP contribution in [0, 0.1) is 17.0 Å². The average Bonchev–Trinajstić information content (AvgIpc) is 3.63. The van der Waals surface area contributed by atoms with Gasteiger partial charge in [-0.1, -0.05) is 13.0 Å². The SMILES string of the molecule is CC1NN(c2cc(F)cc(F)c2)C(=O)C(OCC2(C)CC2)=C1N1CCN(S(=O)(=O)Cc2ccc(O)c(N)c2)CC1. The summed E-state index contributed by atoms with van der Waals surface area (Å²) < 4.78 is 61.7. The lowest BCUT2D eigenvalue weighted by molar-refractivity contribution is -0.120. The summed E-state index contributed by atoms with van der Waals surface area (Å²) in [5, 5.41) is 10.7. The van der Waals surface area contributed by atoms with Gasteiger partial charge in [-0.05, 0) is 49.6 Å². The van der Waals surface area contributed by atoms with Gasteiger partial charge in [-0.2, -0.15) is 4.31 Å². The molecule has 0 aromatic heterocycles. The number of hydrogen-bond donors (Lipinski definition) is 3. The third-order valence-electron chi connectivity index (χ3n) is 7.55. The molecule has 4 N–H and O–H groups in total. The fourth-order valence-corrected chi connectivity index (χ4v) is 6.44. The first-order valence-electron chi connectivity index (χ1n) is 13.1. The molecule has 2 heterocycles. The fraction of sp³-hybridized carbons (Fsp3) is 0.444. The number of amides is 1. The maximum Gasteiger partial charge on any atom is 0.309 e. The number of hydrazine groups is 1. The minimum atomic E-state index is -3.67. The van der Waals surface area contributed by atoms with E-state index in [1.807, 2.05) is 11.8 Å². The molecule has 5 rings (SSSR count). The van der Waals surface area contributed by atoms with Crippen LogP contribution in [0.3, 0.4) is 0 Å². The molecule has 3 aliphatic rings. The Bertz CT molecular complexity index is 1430. The third kappa shape index (κ3) is 5.86. The molecule has 2 aliphatic heterocycles. The molecule has 0 radical (unpaired) electrons. The average molecular weight is 578 g/mol. The number of piperazine rings is 1. The summed E-state index contributed by atoms with van der Waals surface area (Å²) in [6.07, 6.45) is 1.94. The fourth-order valence-electron chi connectivity index (χ4n) is 4.94. The number of nitrogen functional groups attached to an aromatic ring is 1.